The molecule has 0 aromatic carbocycles. The van der Waals surface area contributed by atoms with Gasteiger partial charge in [-0.3, -0.25) is 4.79 Å². The van der Waals surface area contributed by atoms with E-state index in [-0.39, 0.29) is 5.91 Å². The molecule has 0 radical (unpaired) electrons. The summed E-state index contributed by atoms with van der Waals surface area (Å²) in [6, 6.07) is 0. The Balaban J connectivity index is 2.41. The van der Waals surface area contributed by atoms with Crippen LogP contribution in [0.5, 0.6) is 0 Å². The number of rotatable bonds is 3. The van der Waals surface area contributed by atoms with Gasteiger partial charge in [0.25, 0.3) is 0 Å². The summed E-state index contributed by atoms with van der Waals surface area (Å²) in [7, 11) is 0. The van der Waals surface area contributed by atoms with E-state index in [1.807, 2.05) is 37.4 Å². The van der Waals surface area contributed by atoms with Gasteiger partial charge >= 0.3 is 6.09 Å². The zero-order valence-electron chi connectivity index (χ0n) is 13.4. The van der Waals surface area contributed by atoms with Gasteiger partial charge in [-0.25, -0.2) is 4.79 Å². The summed E-state index contributed by atoms with van der Waals surface area (Å²) < 4.78 is 5.14. The molecule has 6 heteroatoms. The first-order chi connectivity index (χ1) is 9.79. The van der Waals surface area contributed by atoms with Crippen molar-refractivity contribution in [1.82, 2.24) is 10.2 Å². The molecule has 1 fully saturated rings. The second kappa shape index (κ2) is 8.32. The van der Waals surface area contributed by atoms with Gasteiger partial charge in [0.15, 0.2) is 0 Å². The van der Waals surface area contributed by atoms with E-state index in [0.717, 1.165) is 31.0 Å². The van der Waals surface area contributed by atoms with Crippen LogP contribution in [0.15, 0.2) is 11.6 Å². The number of hydrogen-bond donors (Lipinski definition) is 1. The van der Waals surface area contributed by atoms with Crippen molar-refractivity contribution >= 4 is 23.8 Å². The molecule has 2 amide bonds. The molecule has 0 aromatic heterocycles. The molecule has 1 saturated heterocycles. The molecule has 1 aliphatic heterocycles. The average molecular weight is 314 g/mol. The Bertz CT molecular complexity index is 394. The highest BCUT2D eigenvalue weighted by atomic mass is 32.2. The summed E-state index contributed by atoms with van der Waals surface area (Å²) in [6.07, 6.45) is 2.31. The highest BCUT2D eigenvalue weighted by Gasteiger charge is 2.17. The summed E-state index contributed by atoms with van der Waals surface area (Å²) in [5, 5.41) is 2.63. The molecule has 1 rings (SSSR count). The third-order valence-electron chi connectivity index (χ3n) is 2.90. The lowest BCUT2D eigenvalue weighted by Gasteiger charge is -2.21. The fourth-order valence-electron chi connectivity index (χ4n) is 1.89. The van der Waals surface area contributed by atoms with Gasteiger partial charge in [-0.05, 0) is 39.9 Å². The summed E-state index contributed by atoms with van der Waals surface area (Å²) in [6.45, 7) is 9.15. The first-order valence-electron chi connectivity index (χ1n) is 7.30. The minimum atomic E-state index is -0.512. The van der Waals surface area contributed by atoms with E-state index in [2.05, 4.69) is 5.32 Å². The lowest BCUT2D eigenvalue weighted by Crippen LogP contribution is -2.34. The van der Waals surface area contributed by atoms with Crippen molar-refractivity contribution in [3.05, 3.63) is 11.6 Å². The highest BCUT2D eigenvalue weighted by molar-refractivity contribution is 7.99. The topological polar surface area (TPSA) is 58.6 Å². The molecule has 21 heavy (non-hydrogen) atoms. The first-order valence-corrected chi connectivity index (χ1v) is 8.46. The number of carbonyl (C=O) groups is 2. The maximum Gasteiger partial charge on any atom is 0.407 e. The number of amides is 2. The SMILES string of the molecule is CC(=CCNC(=O)OC(C)(C)C)C(=O)N1CCCSCC1. The fourth-order valence-corrected chi connectivity index (χ4v) is 2.77. The molecule has 0 aliphatic carbocycles. The summed E-state index contributed by atoms with van der Waals surface area (Å²) in [4.78, 5) is 25.6. The number of nitrogens with zero attached hydrogens (tertiary/aromatic N) is 1. The molecular formula is C15H26N2O3S. The minimum Gasteiger partial charge on any atom is -0.444 e. The predicted molar refractivity (Wildman–Crippen MR) is 86.5 cm³/mol. The van der Waals surface area contributed by atoms with Crippen LogP contribution in [0.2, 0.25) is 0 Å². The van der Waals surface area contributed by atoms with Crippen LogP contribution in [0.1, 0.15) is 34.1 Å². The van der Waals surface area contributed by atoms with E-state index in [1.165, 1.54) is 0 Å². The van der Waals surface area contributed by atoms with Crippen molar-refractivity contribution in [3.63, 3.8) is 0 Å². The van der Waals surface area contributed by atoms with E-state index < -0.39 is 11.7 Å². The maximum atomic E-state index is 12.3. The molecule has 0 atom stereocenters. The van der Waals surface area contributed by atoms with Gasteiger partial charge < -0.3 is 15.0 Å². The second-order valence-electron chi connectivity index (χ2n) is 6.03. The Labute approximate surface area is 131 Å². The zero-order chi connectivity index (χ0) is 15.9. The molecule has 0 unspecified atom stereocenters. The van der Waals surface area contributed by atoms with Gasteiger partial charge in [0.2, 0.25) is 5.91 Å². The molecule has 0 saturated carbocycles. The molecule has 120 valence electrons. The van der Waals surface area contributed by atoms with E-state index in [0.29, 0.717) is 12.1 Å². The van der Waals surface area contributed by atoms with E-state index in [1.54, 1.807) is 13.0 Å². The number of thioether (sulfide) groups is 1. The van der Waals surface area contributed by atoms with E-state index in [9.17, 15) is 9.59 Å². The Morgan fingerprint density at radius 2 is 2.00 bits per heavy atom. The van der Waals surface area contributed by atoms with Gasteiger partial charge in [0, 0.05) is 31.0 Å². The quantitative estimate of drug-likeness (QED) is 0.813. The van der Waals surface area contributed by atoms with E-state index >= 15 is 0 Å². The van der Waals surface area contributed by atoms with Gasteiger partial charge in [-0.1, -0.05) is 6.08 Å². The monoisotopic (exact) mass is 314 g/mol. The molecule has 1 aliphatic rings. The Hall–Kier alpha value is -1.17. The molecule has 5 nitrogen and oxygen atoms in total. The summed E-state index contributed by atoms with van der Waals surface area (Å²) in [5.74, 6) is 2.17. The van der Waals surface area contributed by atoms with Crippen molar-refractivity contribution in [2.75, 3.05) is 31.1 Å². The largest absolute Gasteiger partial charge is 0.444 e. The second-order valence-corrected chi connectivity index (χ2v) is 7.25. The molecule has 1 heterocycles. The van der Waals surface area contributed by atoms with Gasteiger partial charge in [0.1, 0.15) is 5.60 Å². The Morgan fingerprint density at radius 3 is 2.67 bits per heavy atom. The third-order valence-corrected chi connectivity index (χ3v) is 3.95. The van der Waals surface area contributed by atoms with Crippen molar-refractivity contribution < 1.29 is 14.3 Å². The Morgan fingerprint density at radius 1 is 1.29 bits per heavy atom. The zero-order valence-corrected chi connectivity index (χ0v) is 14.2. The molecular weight excluding hydrogens is 288 g/mol. The summed E-state index contributed by atoms with van der Waals surface area (Å²) in [5.41, 5.74) is 0.153. The number of alkyl carbamates (subject to hydrolysis) is 1. The normalized spacial score (nSPS) is 17.1. The number of nitrogens with one attached hydrogen (secondary N) is 1. The minimum absolute atomic E-state index is 0.0588. The maximum absolute atomic E-state index is 12.3. The molecule has 1 N–H and O–H groups in total. The predicted octanol–water partition coefficient (Wildman–Crippen LogP) is 2.42. The van der Waals surface area contributed by atoms with Crippen molar-refractivity contribution in [1.29, 1.82) is 0 Å². The lowest BCUT2D eigenvalue weighted by molar-refractivity contribution is -0.126. The fraction of sp³-hybridized carbons (Fsp3) is 0.733. The highest BCUT2D eigenvalue weighted by Crippen LogP contribution is 2.12. The number of ether oxygens (including phenoxy) is 1. The van der Waals surface area contributed by atoms with E-state index in [4.69, 9.17) is 4.74 Å². The van der Waals surface area contributed by atoms with Crippen LogP contribution in [0.3, 0.4) is 0 Å². The standard InChI is InChI=1S/C15H26N2O3S/c1-12(6-7-16-14(19)20-15(2,3)4)13(18)17-8-5-10-21-11-9-17/h6H,5,7-11H2,1-4H3,(H,16,19). The third kappa shape index (κ3) is 7.41. The lowest BCUT2D eigenvalue weighted by atomic mass is 10.2. The number of hydrogen-bond acceptors (Lipinski definition) is 4. The first kappa shape index (κ1) is 17.9. The van der Waals surface area contributed by atoms with Crippen LogP contribution >= 0.6 is 11.8 Å². The van der Waals surface area contributed by atoms with Crippen molar-refractivity contribution in [2.24, 2.45) is 0 Å². The summed E-state index contributed by atoms with van der Waals surface area (Å²) >= 11 is 1.89. The van der Waals surface area contributed by atoms with Crippen LogP contribution in [0.25, 0.3) is 0 Å². The molecule has 0 spiro atoms. The van der Waals surface area contributed by atoms with Gasteiger partial charge in [-0.15, -0.1) is 0 Å². The van der Waals surface area contributed by atoms with Crippen molar-refractivity contribution in [3.8, 4) is 0 Å². The number of carbonyl (C=O) groups excluding carboxylic acids is 2. The van der Waals surface area contributed by atoms with Crippen LogP contribution < -0.4 is 5.32 Å². The molecule has 0 bridgehead atoms. The smallest absolute Gasteiger partial charge is 0.407 e. The average Bonchev–Trinajstić information content (AvgIpc) is 2.64. The van der Waals surface area contributed by atoms with Crippen LogP contribution in [0, 0.1) is 0 Å². The van der Waals surface area contributed by atoms with Crippen LogP contribution in [-0.4, -0.2) is 53.6 Å². The van der Waals surface area contributed by atoms with Gasteiger partial charge in [0.05, 0.1) is 0 Å². The Kier molecular flexibility index (Phi) is 7.08. The van der Waals surface area contributed by atoms with Crippen molar-refractivity contribution in [2.45, 2.75) is 39.7 Å². The van der Waals surface area contributed by atoms with Gasteiger partial charge in [-0.2, -0.15) is 11.8 Å². The molecule has 0 aromatic rings. The van der Waals surface area contributed by atoms with Crippen LogP contribution in [0.4, 0.5) is 4.79 Å². The van der Waals surface area contributed by atoms with Crippen LogP contribution in [-0.2, 0) is 9.53 Å².